The summed E-state index contributed by atoms with van der Waals surface area (Å²) in [5.41, 5.74) is -0.119. The molecule has 7 heteroatoms. The maximum absolute atomic E-state index is 13.6. The number of nitrogens with zero attached hydrogens (tertiary/aromatic N) is 2. The van der Waals surface area contributed by atoms with E-state index in [1.165, 1.54) is 12.1 Å². The van der Waals surface area contributed by atoms with E-state index in [2.05, 4.69) is 5.32 Å². The first-order valence-electron chi connectivity index (χ1n) is 6.53. The van der Waals surface area contributed by atoms with E-state index >= 15 is 0 Å². The van der Waals surface area contributed by atoms with Crippen molar-refractivity contribution < 1.29 is 14.1 Å². The molecule has 1 aromatic rings. The number of hydrogen-bond acceptors (Lipinski definition) is 4. The number of rotatable bonds is 5. The Kier molecular flexibility index (Phi) is 4.49. The fraction of sp³-hybridized carbons (Fsp3) is 0.462. The van der Waals surface area contributed by atoms with Crippen molar-refractivity contribution in [3.63, 3.8) is 0 Å². The van der Waals surface area contributed by atoms with E-state index < -0.39 is 10.7 Å². The molecule has 1 aliphatic heterocycles. The SMILES string of the molecule is O=C(CCNc1ccc([N+](=O)[O-])cc1F)N1CCCC1. The van der Waals surface area contributed by atoms with E-state index in [0.29, 0.717) is 6.54 Å². The maximum Gasteiger partial charge on any atom is 0.272 e. The molecular formula is C13H16FN3O3. The first kappa shape index (κ1) is 14.2. The average Bonchev–Trinajstić information content (AvgIpc) is 2.94. The van der Waals surface area contributed by atoms with E-state index in [9.17, 15) is 19.3 Å². The molecule has 1 heterocycles. The lowest BCUT2D eigenvalue weighted by atomic mass is 10.2. The van der Waals surface area contributed by atoms with Gasteiger partial charge in [-0.3, -0.25) is 14.9 Å². The van der Waals surface area contributed by atoms with Gasteiger partial charge in [-0.25, -0.2) is 4.39 Å². The lowest BCUT2D eigenvalue weighted by Gasteiger charge is -2.15. The molecule has 20 heavy (non-hydrogen) atoms. The zero-order chi connectivity index (χ0) is 14.5. The monoisotopic (exact) mass is 281 g/mol. The summed E-state index contributed by atoms with van der Waals surface area (Å²) in [7, 11) is 0. The molecule has 0 atom stereocenters. The normalized spacial score (nSPS) is 14.3. The lowest BCUT2D eigenvalue weighted by molar-refractivity contribution is -0.385. The van der Waals surface area contributed by atoms with Gasteiger partial charge in [0.05, 0.1) is 16.7 Å². The van der Waals surface area contributed by atoms with Crippen LogP contribution in [0.25, 0.3) is 0 Å². The summed E-state index contributed by atoms with van der Waals surface area (Å²) in [6, 6.07) is 3.41. The van der Waals surface area contributed by atoms with Crippen molar-refractivity contribution in [1.82, 2.24) is 4.90 Å². The van der Waals surface area contributed by atoms with Gasteiger partial charge in [0.1, 0.15) is 0 Å². The van der Waals surface area contributed by atoms with E-state index in [4.69, 9.17) is 0 Å². The molecule has 0 aliphatic carbocycles. The molecule has 6 nitrogen and oxygen atoms in total. The molecule has 0 bridgehead atoms. The molecular weight excluding hydrogens is 265 g/mol. The Morgan fingerprint density at radius 2 is 2.10 bits per heavy atom. The summed E-state index contributed by atoms with van der Waals surface area (Å²) in [6.45, 7) is 1.90. The second-order valence-electron chi connectivity index (χ2n) is 4.69. The van der Waals surface area contributed by atoms with Gasteiger partial charge in [-0.2, -0.15) is 0 Å². The molecule has 1 aliphatic rings. The summed E-state index contributed by atoms with van der Waals surface area (Å²) in [4.78, 5) is 23.4. The molecule has 108 valence electrons. The molecule has 1 N–H and O–H groups in total. The standard InChI is InChI=1S/C13H16FN3O3/c14-11-9-10(17(19)20)3-4-12(11)15-6-5-13(18)16-7-1-2-8-16/h3-4,9,15H,1-2,5-8H2. The molecule has 0 unspecified atom stereocenters. The third-order valence-electron chi connectivity index (χ3n) is 3.28. The van der Waals surface area contributed by atoms with Gasteiger partial charge in [0.25, 0.3) is 5.69 Å². The van der Waals surface area contributed by atoms with Crippen molar-refractivity contribution in [2.24, 2.45) is 0 Å². The second kappa shape index (κ2) is 6.31. The summed E-state index contributed by atoms with van der Waals surface area (Å²) in [5, 5.41) is 13.3. The van der Waals surface area contributed by atoms with E-state index in [1.54, 1.807) is 4.90 Å². The first-order chi connectivity index (χ1) is 9.58. The quantitative estimate of drug-likeness (QED) is 0.663. The summed E-state index contributed by atoms with van der Waals surface area (Å²) < 4.78 is 13.6. The minimum absolute atomic E-state index is 0.0531. The maximum atomic E-state index is 13.6. The number of benzene rings is 1. The molecule has 2 rings (SSSR count). The van der Waals surface area contributed by atoms with Crippen LogP contribution >= 0.6 is 0 Å². The molecule has 1 fully saturated rings. The Morgan fingerprint density at radius 1 is 1.40 bits per heavy atom. The molecule has 1 saturated heterocycles. The fourth-order valence-corrected chi connectivity index (χ4v) is 2.19. The highest BCUT2D eigenvalue weighted by Gasteiger charge is 2.17. The summed E-state index contributed by atoms with van der Waals surface area (Å²) in [6.07, 6.45) is 2.36. The number of nitro benzene ring substituents is 1. The molecule has 0 spiro atoms. The van der Waals surface area contributed by atoms with E-state index in [0.717, 1.165) is 32.0 Å². The predicted octanol–water partition coefficient (Wildman–Crippen LogP) is 2.16. The number of hydrogen-bond donors (Lipinski definition) is 1. The highest BCUT2D eigenvalue weighted by atomic mass is 19.1. The Bertz CT molecular complexity index is 516. The van der Waals surface area contributed by atoms with Crippen LogP contribution in [0.2, 0.25) is 0 Å². The zero-order valence-corrected chi connectivity index (χ0v) is 11.0. The molecule has 0 saturated carbocycles. The summed E-state index contributed by atoms with van der Waals surface area (Å²) >= 11 is 0. The van der Waals surface area contributed by atoms with Gasteiger partial charge in [-0.15, -0.1) is 0 Å². The Balaban J connectivity index is 1.84. The van der Waals surface area contributed by atoms with Crippen LogP contribution in [0.15, 0.2) is 18.2 Å². The Hall–Kier alpha value is -2.18. The average molecular weight is 281 g/mol. The number of carbonyl (C=O) groups excluding carboxylic acids is 1. The molecule has 1 aromatic carbocycles. The molecule has 0 aromatic heterocycles. The number of amides is 1. The van der Waals surface area contributed by atoms with Crippen molar-refractivity contribution in [2.75, 3.05) is 25.0 Å². The smallest absolute Gasteiger partial charge is 0.272 e. The van der Waals surface area contributed by atoms with Gasteiger partial charge >= 0.3 is 0 Å². The fourth-order valence-electron chi connectivity index (χ4n) is 2.19. The second-order valence-corrected chi connectivity index (χ2v) is 4.69. The van der Waals surface area contributed by atoms with Crippen LogP contribution in [0.3, 0.4) is 0 Å². The van der Waals surface area contributed by atoms with Crippen LogP contribution < -0.4 is 5.32 Å². The predicted molar refractivity (Wildman–Crippen MR) is 72.0 cm³/mol. The van der Waals surface area contributed by atoms with E-state index in [1.807, 2.05) is 0 Å². The van der Waals surface area contributed by atoms with Crippen LogP contribution in [0, 0.1) is 15.9 Å². The number of non-ortho nitro benzene ring substituents is 1. The van der Waals surface area contributed by atoms with Gasteiger partial charge in [-0.1, -0.05) is 0 Å². The number of nitro groups is 1. The van der Waals surface area contributed by atoms with Crippen molar-refractivity contribution in [1.29, 1.82) is 0 Å². The minimum Gasteiger partial charge on any atom is -0.382 e. The number of halogens is 1. The van der Waals surface area contributed by atoms with Gasteiger partial charge in [0, 0.05) is 32.1 Å². The topological polar surface area (TPSA) is 75.5 Å². The van der Waals surface area contributed by atoms with Crippen LogP contribution in [0.1, 0.15) is 19.3 Å². The largest absolute Gasteiger partial charge is 0.382 e. The number of carbonyl (C=O) groups is 1. The summed E-state index contributed by atoms with van der Waals surface area (Å²) in [5.74, 6) is -0.634. The highest BCUT2D eigenvalue weighted by molar-refractivity contribution is 5.77. The van der Waals surface area contributed by atoms with Gasteiger partial charge in [0.2, 0.25) is 5.91 Å². The number of likely N-dealkylation sites (tertiary alicyclic amines) is 1. The van der Waals surface area contributed by atoms with Crippen molar-refractivity contribution in [3.05, 3.63) is 34.1 Å². The third-order valence-corrected chi connectivity index (χ3v) is 3.28. The van der Waals surface area contributed by atoms with E-state index in [-0.39, 0.29) is 23.7 Å². The Morgan fingerprint density at radius 3 is 2.70 bits per heavy atom. The van der Waals surface area contributed by atoms with Crippen LogP contribution in [0.4, 0.5) is 15.8 Å². The Labute approximate surface area is 115 Å². The van der Waals surface area contributed by atoms with Crippen LogP contribution in [-0.4, -0.2) is 35.4 Å². The molecule has 0 radical (unpaired) electrons. The number of anilines is 1. The van der Waals surface area contributed by atoms with Gasteiger partial charge < -0.3 is 10.2 Å². The number of nitrogens with one attached hydrogen (secondary N) is 1. The van der Waals surface area contributed by atoms with Crippen LogP contribution in [-0.2, 0) is 4.79 Å². The zero-order valence-electron chi connectivity index (χ0n) is 11.0. The minimum atomic E-state index is -0.687. The van der Waals surface area contributed by atoms with Crippen molar-refractivity contribution in [3.8, 4) is 0 Å². The van der Waals surface area contributed by atoms with Gasteiger partial charge in [-0.05, 0) is 18.9 Å². The van der Waals surface area contributed by atoms with Crippen LogP contribution in [0.5, 0.6) is 0 Å². The lowest BCUT2D eigenvalue weighted by Crippen LogP contribution is -2.29. The molecule has 1 amide bonds. The van der Waals surface area contributed by atoms with Gasteiger partial charge in [0.15, 0.2) is 5.82 Å². The highest BCUT2D eigenvalue weighted by Crippen LogP contribution is 2.20. The first-order valence-corrected chi connectivity index (χ1v) is 6.53. The van der Waals surface area contributed by atoms with Crippen molar-refractivity contribution >= 4 is 17.3 Å². The van der Waals surface area contributed by atoms with Crippen molar-refractivity contribution in [2.45, 2.75) is 19.3 Å². The third kappa shape index (κ3) is 3.43.